The number of H-pyrrole nitrogens is 1. The van der Waals surface area contributed by atoms with E-state index in [0.29, 0.717) is 24.2 Å². The fourth-order valence-corrected chi connectivity index (χ4v) is 3.43. The molecule has 29 heavy (non-hydrogen) atoms. The molecule has 1 atom stereocenters. The van der Waals surface area contributed by atoms with E-state index in [0.717, 1.165) is 18.8 Å². The maximum atomic E-state index is 12.3. The zero-order valence-corrected chi connectivity index (χ0v) is 17.5. The number of carbonyl (C=O) groups is 1. The van der Waals surface area contributed by atoms with Crippen LogP contribution in [0.1, 0.15) is 51.6 Å². The van der Waals surface area contributed by atoms with Gasteiger partial charge in [-0.25, -0.2) is 9.78 Å². The van der Waals surface area contributed by atoms with E-state index in [1.165, 1.54) is 18.5 Å². The van der Waals surface area contributed by atoms with E-state index in [-0.39, 0.29) is 12.1 Å². The van der Waals surface area contributed by atoms with Crippen LogP contribution in [0, 0.1) is 0 Å². The number of amides is 1. The number of ether oxygens (including phenoxy) is 1. The van der Waals surface area contributed by atoms with Gasteiger partial charge in [-0.3, -0.25) is 5.10 Å². The molecule has 1 saturated carbocycles. The summed E-state index contributed by atoms with van der Waals surface area (Å²) in [7, 11) is 1.79. The Bertz CT molecular complexity index is 872. The highest BCUT2D eigenvalue weighted by atomic mass is 16.6. The molecule has 0 bridgehead atoms. The Morgan fingerprint density at radius 1 is 1.31 bits per heavy atom. The lowest BCUT2D eigenvalue weighted by atomic mass is 10.2. The number of nitrogens with zero attached hydrogens (tertiary/aromatic N) is 5. The summed E-state index contributed by atoms with van der Waals surface area (Å²) in [5.74, 6) is 2.74. The third kappa shape index (κ3) is 4.78. The summed E-state index contributed by atoms with van der Waals surface area (Å²) >= 11 is 0. The molecular formula is C20H29N7O2. The Morgan fingerprint density at radius 3 is 2.83 bits per heavy atom. The van der Waals surface area contributed by atoms with Crippen molar-refractivity contribution in [3.63, 3.8) is 0 Å². The zero-order chi connectivity index (χ0) is 20.6. The van der Waals surface area contributed by atoms with E-state index in [1.807, 2.05) is 32.9 Å². The Hall–Kier alpha value is -2.84. The summed E-state index contributed by atoms with van der Waals surface area (Å²) in [5, 5.41) is 10.6. The van der Waals surface area contributed by atoms with Gasteiger partial charge in [0, 0.05) is 44.0 Å². The largest absolute Gasteiger partial charge is 0.444 e. The molecule has 2 aliphatic rings. The number of anilines is 3. The number of rotatable bonds is 5. The van der Waals surface area contributed by atoms with Crippen molar-refractivity contribution in [1.29, 1.82) is 0 Å². The van der Waals surface area contributed by atoms with Crippen molar-refractivity contribution < 1.29 is 9.53 Å². The molecule has 2 aromatic heterocycles. The maximum absolute atomic E-state index is 12.3. The molecule has 3 heterocycles. The van der Waals surface area contributed by atoms with Crippen molar-refractivity contribution in [1.82, 2.24) is 25.1 Å². The zero-order valence-electron chi connectivity index (χ0n) is 17.5. The molecule has 0 spiro atoms. The summed E-state index contributed by atoms with van der Waals surface area (Å²) < 4.78 is 5.48. The molecule has 9 nitrogen and oxygen atoms in total. The van der Waals surface area contributed by atoms with Crippen molar-refractivity contribution in [2.45, 2.75) is 57.6 Å². The number of carbonyl (C=O) groups excluding carboxylic acids is 1. The van der Waals surface area contributed by atoms with Gasteiger partial charge in [-0.1, -0.05) is 0 Å². The van der Waals surface area contributed by atoms with Gasteiger partial charge in [0.2, 0.25) is 5.95 Å². The van der Waals surface area contributed by atoms with Crippen LogP contribution in [0.15, 0.2) is 18.3 Å². The molecule has 156 valence electrons. The van der Waals surface area contributed by atoms with Crippen molar-refractivity contribution in [2.24, 2.45) is 0 Å². The number of aromatic nitrogens is 4. The first-order valence-electron chi connectivity index (χ1n) is 10.1. The number of likely N-dealkylation sites (N-methyl/N-ethyl adjacent to an activating group) is 1. The Kier molecular flexibility index (Phi) is 5.06. The van der Waals surface area contributed by atoms with E-state index in [9.17, 15) is 4.79 Å². The molecule has 1 aliphatic carbocycles. The minimum Gasteiger partial charge on any atom is -0.444 e. The van der Waals surface area contributed by atoms with Crippen molar-refractivity contribution >= 4 is 23.7 Å². The van der Waals surface area contributed by atoms with E-state index in [2.05, 4.69) is 30.4 Å². The van der Waals surface area contributed by atoms with Crippen LogP contribution in [0.25, 0.3) is 0 Å². The lowest BCUT2D eigenvalue weighted by Crippen LogP contribution is -2.42. The Morgan fingerprint density at radius 2 is 2.10 bits per heavy atom. The van der Waals surface area contributed by atoms with E-state index in [1.54, 1.807) is 18.1 Å². The first-order chi connectivity index (χ1) is 13.8. The molecule has 1 saturated heterocycles. The van der Waals surface area contributed by atoms with Crippen LogP contribution < -0.4 is 10.2 Å². The van der Waals surface area contributed by atoms with Crippen molar-refractivity contribution in [2.75, 3.05) is 30.4 Å². The van der Waals surface area contributed by atoms with Crippen LogP contribution >= 0.6 is 0 Å². The molecule has 1 amide bonds. The average Bonchev–Trinajstić information content (AvgIpc) is 3.21. The predicted octanol–water partition coefficient (Wildman–Crippen LogP) is 3.27. The summed E-state index contributed by atoms with van der Waals surface area (Å²) in [6.45, 7) is 7.08. The Balaban J connectivity index is 1.37. The monoisotopic (exact) mass is 399 g/mol. The fraction of sp³-hybridized carbons (Fsp3) is 0.600. The van der Waals surface area contributed by atoms with Crippen LogP contribution in [0.3, 0.4) is 0 Å². The molecule has 0 radical (unpaired) electrons. The molecular weight excluding hydrogens is 370 g/mol. The molecule has 2 fully saturated rings. The van der Waals surface area contributed by atoms with Crippen LogP contribution in [0.4, 0.5) is 22.4 Å². The van der Waals surface area contributed by atoms with Gasteiger partial charge in [0.1, 0.15) is 11.4 Å². The number of nitrogens with one attached hydrogen (secondary N) is 2. The van der Waals surface area contributed by atoms with Gasteiger partial charge in [0.05, 0.1) is 6.04 Å². The van der Waals surface area contributed by atoms with Gasteiger partial charge in [-0.2, -0.15) is 10.1 Å². The van der Waals surface area contributed by atoms with E-state index in [4.69, 9.17) is 4.74 Å². The third-order valence-electron chi connectivity index (χ3n) is 5.19. The highest BCUT2D eigenvalue weighted by molar-refractivity contribution is 5.68. The molecule has 2 aromatic rings. The molecule has 0 aromatic carbocycles. The number of hydrogen-bond donors (Lipinski definition) is 2. The van der Waals surface area contributed by atoms with Crippen molar-refractivity contribution in [3.05, 3.63) is 24.0 Å². The van der Waals surface area contributed by atoms with Gasteiger partial charge in [-0.05, 0) is 46.1 Å². The molecule has 2 N–H and O–H groups in total. The molecule has 4 rings (SSSR count). The van der Waals surface area contributed by atoms with Gasteiger partial charge in [0.15, 0.2) is 5.82 Å². The minimum atomic E-state index is -0.502. The molecule has 0 unspecified atom stereocenters. The van der Waals surface area contributed by atoms with E-state index >= 15 is 0 Å². The summed E-state index contributed by atoms with van der Waals surface area (Å²) in [6.07, 6.45) is 4.75. The van der Waals surface area contributed by atoms with Gasteiger partial charge < -0.3 is 19.9 Å². The SMILES string of the molecule is CN(C(=O)OC(C)(C)C)[C@@H]1CCN(c2nccc(Nc3cc(C4CC4)[nH]n3)n2)C1. The predicted molar refractivity (Wildman–Crippen MR) is 110 cm³/mol. The quantitative estimate of drug-likeness (QED) is 0.796. The van der Waals surface area contributed by atoms with Gasteiger partial charge >= 0.3 is 6.09 Å². The van der Waals surface area contributed by atoms with Crippen molar-refractivity contribution in [3.8, 4) is 0 Å². The van der Waals surface area contributed by atoms with E-state index < -0.39 is 5.60 Å². The van der Waals surface area contributed by atoms with Crippen LogP contribution in [0.2, 0.25) is 0 Å². The standard InChI is InChI=1S/C20H29N7O2/c1-20(2,3)29-19(28)26(4)14-8-10-27(12-14)18-21-9-7-16(23-18)22-17-11-15(24-25-17)13-5-6-13/h7,9,11,13-14H,5-6,8,10,12H2,1-4H3,(H2,21,22,23,24,25)/t14-/m1/s1. The normalized spacial score (nSPS) is 19.3. The topological polar surface area (TPSA) is 99.3 Å². The Labute approximate surface area is 170 Å². The molecule has 9 heteroatoms. The third-order valence-corrected chi connectivity index (χ3v) is 5.19. The summed E-state index contributed by atoms with van der Waals surface area (Å²) in [4.78, 5) is 25.2. The van der Waals surface area contributed by atoms with Crippen LogP contribution in [-0.4, -0.2) is 62.9 Å². The lowest BCUT2D eigenvalue weighted by Gasteiger charge is -2.28. The van der Waals surface area contributed by atoms with Crippen LogP contribution in [-0.2, 0) is 4.74 Å². The lowest BCUT2D eigenvalue weighted by molar-refractivity contribution is 0.0238. The summed E-state index contributed by atoms with van der Waals surface area (Å²) in [6, 6.07) is 3.94. The number of hydrogen-bond acceptors (Lipinski definition) is 7. The second-order valence-corrected chi connectivity index (χ2v) is 8.83. The first kappa shape index (κ1) is 19.5. The summed E-state index contributed by atoms with van der Waals surface area (Å²) in [5.41, 5.74) is 0.674. The highest BCUT2D eigenvalue weighted by Crippen LogP contribution is 2.39. The minimum absolute atomic E-state index is 0.0671. The molecule has 1 aliphatic heterocycles. The fourth-order valence-electron chi connectivity index (χ4n) is 3.43. The average molecular weight is 399 g/mol. The van der Waals surface area contributed by atoms with Gasteiger partial charge in [-0.15, -0.1) is 0 Å². The second-order valence-electron chi connectivity index (χ2n) is 8.83. The second kappa shape index (κ2) is 7.53. The first-order valence-corrected chi connectivity index (χ1v) is 10.1. The highest BCUT2D eigenvalue weighted by Gasteiger charge is 2.32. The van der Waals surface area contributed by atoms with Crippen LogP contribution in [0.5, 0.6) is 0 Å². The smallest absolute Gasteiger partial charge is 0.410 e. The number of aromatic amines is 1. The maximum Gasteiger partial charge on any atom is 0.410 e. The van der Waals surface area contributed by atoms with Gasteiger partial charge in [0.25, 0.3) is 0 Å².